The van der Waals surface area contributed by atoms with Crippen LogP contribution in [0.4, 0.5) is 5.69 Å². The Kier molecular flexibility index (Phi) is 9.22. The number of carbonyl (C=O) groups excluding carboxylic acids is 1. The van der Waals surface area contributed by atoms with Gasteiger partial charge in [0.15, 0.2) is 5.57 Å². The Balaban J connectivity index is 2.09. The van der Waals surface area contributed by atoms with Gasteiger partial charge in [0, 0.05) is 29.5 Å². The molecular formula is C25H27N3O4S2. The van der Waals surface area contributed by atoms with Crippen molar-refractivity contribution in [3.63, 3.8) is 0 Å². The molecule has 178 valence electrons. The van der Waals surface area contributed by atoms with Crippen LogP contribution in [0.15, 0.2) is 41.2 Å². The van der Waals surface area contributed by atoms with Crippen LogP contribution in [0.2, 0.25) is 0 Å². The molecule has 7 nitrogen and oxygen atoms in total. The van der Waals surface area contributed by atoms with E-state index in [1.165, 1.54) is 4.57 Å². The highest BCUT2D eigenvalue weighted by Gasteiger charge is 2.17. The number of hydrogen-bond acceptors (Lipinski definition) is 7. The first-order chi connectivity index (χ1) is 16.5. The van der Waals surface area contributed by atoms with Gasteiger partial charge in [-0.1, -0.05) is 12.1 Å². The maximum Gasteiger partial charge on any atom is 0.269 e. The number of aryl methyl sites for hydroxylation is 1. The van der Waals surface area contributed by atoms with Crippen molar-refractivity contribution in [1.82, 2.24) is 4.57 Å². The number of aromatic nitrogens is 1. The normalized spacial score (nSPS) is 12.4. The lowest BCUT2D eigenvalue weighted by Crippen LogP contribution is -2.34. The van der Waals surface area contributed by atoms with Gasteiger partial charge in [0.1, 0.15) is 16.5 Å². The Morgan fingerprint density at radius 1 is 1.18 bits per heavy atom. The van der Waals surface area contributed by atoms with E-state index in [0.29, 0.717) is 53.4 Å². The number of anilines is 1. The maximum atomic E-state index is 13.2. The molecule has 1 amide bonds. The van der Waals surface area contributed by atoms with Gasteiger partial charge in [-0.3, -0.25) is 14.2 Å². The summed E-state index contributed by atoms with van der Waals surface area (Å²) in [6, 6.07) is 13.0. The zero-order chi connectivity index (χ0) is 24.5. The molecule has 0 aliphatic rings. The van der Waals surface area contributed by atoms with Crippen LogP contribution < -0.4 is 24.8 Å². The number of nitrogens with zero attached hydrogens (tertiary/aromatic N) is 2. The first-order valence-corrected chi connectivity index (χ1v) is 12.6. The molecule has 1 aromatic carbocycles. The fraction of sp³-hybridized carbons (Fsp3) is 0.320. The zero-order valence-corrected chi connectivity index (χ0v) is 21.1. The summed E-state index contributed by atoms with van der Waals surface area (Å²) < 4.78 is 13.3. The number of nitrogens with one attached hydrogen (secondary N) is 1. The highest BCUT2D eigenvalue weighted by atomic mass is 32.1. The van der Waals surface area contributed by atoms with Crippen molar-refractivity contribution in [2.45, 2.75) is 33.7 Å². The molecule has 0 saturated carbocycles. The molecule has 0 saturated heterocycles. The van der Waals surface area contributed by atoms with Crippen molar-refractivity contribution in [2.75, 3.05) is 25.1 Å². The van der Waals surface area contributed by atoms with Gasteiger partial charge >= 0.3 is 0 Å². The third kappa shape index (κ3) is 6.23. The van der Waals surface area contributed by atoms with Crippen LogP contribution in [-0.4, -0.2) is 30.3 Å². The molecule has 3 rings (SSSR count). The van der Waals surface area contributed by atoms with Crippen molar-refractivity contribution in [3.8, 4) is 11.8 Å². The first kappa shape index (κ1) is 25.4. The van der Waals surface area contributed by atoms with Crippen LogP contribution in [0.3, 0.4) is 0 Å². The molecule has 0 aliphatic heterocycles. The minimum absolute atomic E-state index is 0.119. The number of thiophene rings is 1. The van der Waals surface area contributed by atoms with Crippen LogP contribution in [0.1, 0.15) is 30.0 Å². The fourth-order valence-electron chi connectivity index (χ4n) is 3.27. The lowest BCUT2D eigenvalue weighted by Gasteiger charge is -2.11. The largest absolute Gasteiger partial charge is 0.492 e. The number of thiazole rings is 1. The summed E-state index contributed by atoms with van der Waals surface area (Å²) >= 11 is 2.73. The van der Waals surface area contributed by atoms with Crippen LogP contribution in [-0.2, 0) is 16.1 Å². The molecule has 2 aromatic heterocycles. The number of ether oxygens (including phenoxy) is 2. The molecule has 0 bridgehead atoms. The van der Waals surface area contributed by atoms with E-state index in [1.807, 2.05) is 45.0 Å². The minimum atomic E-state index is -0.590. The van der Waals surface area contributed by atoms with Gasteiger partial charge in [0.25, 0.3) is 11.5 Å². The SMILES string of the molecule is CCOCCCn1c(=O)/c(=C\c2ccc(C)s2)s/c1=C(/C#N)C(=O)Nc1ccccc1OCC. The Morgan fingerprint density at radius 2 is 1.97 bits per heavy atom. The minimum Gasteiger partial charge on any atom is -0.492 e. The average molecular weight is 498 g/mol. The monoisotopic (exact) mass is 497 g/mol. The van der Waals surface area contributed by atoms with E-state index in [9.17, 15) is 14.9 Å². The summed E-state index contributed by atoms with van der Waals surface area (Å²) in [5.41, 5.74) is 0.120. The van der Waals surface area contributed by atoms with Crippen molar-refractivity contribution in [1.29, 1.82) is 5.26 Å². The molecule has 34 heavy (non-hydrogen) atoms. The van der Waals surface area contributed by atoms with Crippen LogP contribution in [0.5, 0.6) is 5.75 Å². The molecular weight excluding hydrogens is 470 g/mol. The second-order valence-corrected chi connectivity index (χ2v) is 9.59. The summed E-state index contributed by atoms with van der Waals surface area (Å²) in [5.74, 6) is -0.0778. The van der Waals surface area contributed by atoms with E-state index in [4.69, 9.17) is 9.47 Å². The molecule has 0 fully saturated rings. The Labute approximate surface area is 206 Å². The summed E-state index contributed by atoms with van der Waals surface area (Å²) in [7, 11) is 0. The summed E-state index contributed by atoms with van der Waals surface area (Å²) in [6.45, 7) is 7.61. The van der Waals surface area contributed by atoms with E-state index in [1.54, 1.807) is 35.6 Å². The molecule has 0 atom stereocenters. The van der Waals surface area contributed by atoms with Gasteiger partial charge in [0.05, 0.1) is 16.8 Å². The van der Waals surface area contributed by atoms with E-state index in [0.717, 1.165) is 21.1 Å². The molecule has 0 aliphatic carbocycles. The number of para-hydroxylation sites is 2. The molecule has 2 heterocycles. The Morgan fingerprint density at radius 3 is 2.65 bits per heavy atom. The number of hydrogen-bond donors (Lipinski definition) is 1. The average Bonchev–Trinajstić information content (AvgIpc) is 3.36. The van der Waals surface area contributed by atoms with E-state index < -0.39 is 5.91 Å². The second-order valence-electron chi connectivity index (χ2n) is 7.24. The zero-order valence-electron chi connectivity index (χ0n) is 19.4. The number of amides is 1. The van der Waals surface area contributed by atoms with E-state index in [-0.39, 0.29) is 11.1 Å². The third-order valence-electron chi connectivity index (χ3n) is 4.80. The predicted molar refractivity (Wildman–Crippen MR) is 137 cm³/mol. The number of rotatable bonds is 10. The number of nitriles is 1. The topological polar surface area (TPSA) is 93.4 Å². The Hall–Kier alpha value is -3.19. The number of carbonyl (C=O) groups is 1. The smallest absolute Gasteiger partial charge is 0.269 e. The van der Waals surface area contributed by atoms with Gasteiger partial charge in [-0.15, -0.1) is 22.7 Å². The van der Waals surface area contributed by atoms with Gasteiger partial charge in [0.2, 0.25) is 0 Å². The van der Waals surface area contributed by atoms with Gasteiger partial charge in [-0.05, 0) is 57.5 Å². The predicted octanol–water partition coefficient (Wildman–Crippen LogP) is 3.25. The van der Waals surface area contributed by atoms with Crippen LogP contribution >= 0.6 is 22.7 Å². The molecule has 9 heteroatoms. The molecule has 3 aromatic rings. The van der Waals surface area contributed by atoms with Crippen molar-refractivity contribution in [2.24, 2.45) is 0 Å². The van der Waals surface area contributed by atoms with E-state index in [2.05, 4.69) is 5.32 Å². The van der Waals surface area contributed by atoms with Crippen LogP contribution in [0.25, 0.3) is 11.6 Å². The first-order valence-electron chi connectivity index (χ1n) is 11.0. The summed E-state index contributed by atoms with van der Waals surface area (Å²) in [4.78, 5) is 28.5. The maximum absolute atomic E-state index is 13.2. The van der Waals surface area contributed by atoms with E-state index >= 15 is 0 Å². The standard InChI is InChI=1S/C25H27N3O4S2/c1-4-31-14-8-13-28-24(30)22(15-18-12-11-17(3)33-18)34-25(28)19(16-26)23(29)27-20-9-6-7-10-21(20)32-5-2/h6-7,9-12,15H,4-5,8,13-14H2,1-3H3,(H,27,29)/b22-15+,25-19-. The van der Waals surface area contributed by atoms with Crippen molar-refractivity contribution < 1.29 is 14.3 Å². The molecule has 1 N–H and O–H groups in total. The van der Waals surface area contributed by atoms with Crippen molar-refractivity contribution in [3.05, 3.63) is 65.7 Å². The third-order valence-corrected chi connectivity index (χ3v) is 6.88. The highest BCUT2D eigenvalue weighted by Crippen LogP contribution is 2.24. The second kappa shape index (κ2) is 12.3. The highest BCUT2D eigenvalue weighted by molar-refractivity contribution is 7.13. The molecule has 0 radical (unpaired) electrons. The van der Waals surface area contributed by atoms with Gasteiger partial charge in [-0.25, -0.2) is 0 Å². The number of benzene rings is 1. The fourth-order valence-corrected chi connectivity index (χ4v) is 5.28. The van der Waals surface area contributed by atoms with Gasteiger partial charge < -0.3 is 14.8 Å². The van der Waals surface area contributed by atoms with Crippen LogP contribution in [0, 0.1) is 18.3 Å². The lowest BCUT2D eigenvalue weighted by atomic mass is 10.2. The lowest BCUT2D eigenvalue weighted by molar-refractivity contribution is -0.111. The summed E-state index contributed by atoms with van der Waals surface area (Å²) in [5, 5.41) is 12.7. The van der Waals surface area contributed by atoms with Crippen molar-refractivity contribution >= 4 is 45.9 Å². The summed E-state index contributed by atoms with van der Waals surface area (Å²) in [6.07, 6.45) is 2.40. The quantitative estimate of drug-likeness (QED) is 0.434. The Bertz CT molecular complexity index is 1360. The molecule has 0 unspecified atom stereocenters. The van der Waals surface area contributed by atoms with Gasteiger partial charge in [-0.2, -0.15) is 5.26 Å². The molecule has 0 spiro atoms.